The fraction of sp³-hybridized carbons (Fsp3) is 0.500. The maximum absolute atomic E-state index is 12.9. The number of anilines is 1. The van der Waals surface area contributed by atoms with E-state index in [0.29, 0.717) is 13.0 Å². The van der Waals surface area contributed by atoms with Crippen LogP contribution in [0.4, 0.5) is 10.5 Å². The van der Waals surface area contributed by atoms with Crippen LogP contribution in [0.5, 0.6) is 0 Å². The third kappa shape index (κ3) is 2.20. The van der Waals surface area contributed by atoms with E-state index in [1.54, 1.807) is 9.80 Å². The molecule has 3 heterocycles. The third-order valence-corrected chi connectivity index (χ3v) is 5.37. The van der Waals surface area contributed by atoms with Crippen molar-refractivity contribution in [1.82, 2.24) is 9.80 Å². The van der Waals surface area contributed by atoms with E-state index in [-0.39, 0.29) is 36.5 Å². The topological polar surface area (TPSA) is 60.9 Å². The molecule has 0 radical (unpaired) electrons. The molecule has 6 nitrogen and oxygen atoms in total. The van der Waals surface area contributed by atoms with Gasteiger partial charge in [0.1, 0.15) is 12.6 Å². The number of amides is 4. The molecule has 0 unspecified atom stereocenters. The summed E-state index contributed by atoms with van der Waals surface area (Å²) in [5, 5.41) is 0. The van der Waals surface area contributed by atoms with Crippen LogP contribution in [-0.4, -0.2) is 52.8 Å². The number of nitrogens with zero attached hydrogens (tertiary/aromatic N) is 3. The zero-order chi connectivity index (χ0) is 16.8. The second kappa shape index (κ2) is 5.61. The Balaban J connectivity index is 1.57. The molecule has 4 amide bonds. The van der Waals surface area contributed by atoms with Crippen LogP contribution >= 0.6 is 0 Å². The minimum atomic E-state index is -0.351. The van der Waals surface area contributed by atoms with Gasteiger partial charge >= 0.3 is 6.03 Å². The Morgan fingerprint density at radius 3 is 2.79 bits per heavy atom. The fourth-order valence-corrected chi connectivity index (χ4v) is 4.11. The number of imide groups is 1. The number of aryl methyl sites for hydroxylation is 1. The molecule has 1 aromatic carbocycles. The van der Waals surface area contributed by atoms with Gasteiger partial charge in [-0.05, 0) is 44.2 Å². The number of carbonyl (C=O) groups excluding carboxylic acids is 3. The molecule has 0 spiro atoms. The number of rotatable bonds is 2. The lowest BCUT2D eigenvalue weighted by Gasteiger charge is -2.36. The molecule has 3 aliphatic rings. The van der Waals surface area contributed by atoms with E-state index < -0.39 is 0 Å². The van der Waals surface area contributed by atoms with Crippen LogP contribution in [0, 0.1) is 0 Å². The van der Waals surface area contributed by atoms with Crippen LogP contribution in [-0.2, 0) is 16.0 Å². The van der Waals surface area contributed by atoms with Crippen molar-refractivity contribution in [3.8, 4) is 0 Å². The standard InChI is InChI=1S/C18H21N3O3/c1-12-8-9-13-5-2-3-6-14(13)21(12)16(22)11-20-17(23)15-7-4-10-19(15)18(20)24/h2-3,5-6,12,15H,4,7-11H2,1H3/t12-,15-/m1/s1. The van der Waals surface area contributed by atoms with Crippen LogP contribution < -0.4 is 4.90 Å². The maximum Gasteiger partial charge on any atom is 0.327 e. The molecule has 0 bridgehead atoms. The minimum absolute atomic E-state index is 0.0695. The summed E-state index contributed by atoms with van der Waals surface area (Å²) in [5.41, 5.74) is 2.05. The number of urea groups is 1. The summed E-state index contributed by atoms with van der Waals surface area (Å²) in [7, 11) is 0. The van der Waals surface area contributed by atoms with E-state index in [9.17, 15) is 14.4 Å². The van der Waals surface area contributed by atoms with Crippen molar-refractivity contribution in [2.75, 3.05) is 18.0 Å². The monoisotopic (exact) mass is 327 g/mol. The Morgan fingerprint density at radius 2 is 2.00 bits per heavy atom. The van der Waals surface area contributed by atoms with E-state index in [2.05, 4.69) is 0 Å². The quantitative estimate of drug-likeness (QED) is 0.778. The Labute approximate surface area is 141 Å². The van der Waals surface area contributed by atoms with Crippen LogP contribution in [0.1, 0.15) is 31.7 Å². The molecule has 3 aliphatic heterocycles. The largest absolute Gasteiger partial charge is 0.327 e. The molecule has 24 heavy (non-hydrogen) atoms. The molecule has 126 valence electrons. The maximum atomic E-state index is 12.9. The van der Waals surface area contributed by atoms with E-state index >= 15 is 0 Å². The Kier molecular flexibility index (Phi) is 3.55. The second-order valence-electron chi connectivity index (χ2n) is 6.84. The van der Waals surface area contributed by atoms with Crippen molar-refractivity contribution in [3.05, 3.63) is 29.8 Å². The van der Waals surface area contributed by atoms with Crippen molar-refractivity contribution in [2.24, 2.45) is 0 Å². The van der Waals surface area contributed by atoms with Crippen LogP contribution in [0.3, 0.4) is 0 Å². The van der Waals surface area contributed by atoms with E-state index in [1.165, 1.54) is 0 Å². The molecular weight excluding hydrogens is 306 g/mol. The van der Waals surface area contributed by atoms with Gasteiger partial charge in [-0.2, -0.15) is 0 Å². The van der Waals surface area contributed by atoms with Gasteiger partial charge in [0.25, 0.3) is 5.91 Å². The predicted molar refractivity (Wildman–Crippen MR) is 88.5 cm³/mol. The zero-order valence-electron chi connectivity index (χ0n) is 13.8. The van der Waals surface area contributed by atoms with E-state index in [0.717, 1.165) is 35.4 Å². The Hall–Kier alpha value is -2.37. The third-order valence-electron chi connectivity index (χ3n) is 5.37. The second-order valence-corrected chi connectivity index (χ2v) is 6.84. The first-order valence-corrected chi connectivity index (χ1v) is 8.60. The lowest BCUT2D eigenvalue weighted by atomic mass is 9.96. The molecule has 0 aliphatic carbocycles. The summed E-state index contributed by atoms with van der Waals surface area (Å²) in [6, 6.07) is 7.27. The summed E-state index contributed by atoms with van der Waals surface area (Å²) in [5.74, 6) is -0.402. The van der Waals surface area contributed by atoms with E-state index in [1.807, 2.05) is 31.2 Å². The average molecular weight is 327 g/mol. The highest BCUT2D eigenvalue weighted by atomic mass is 16.2. The Bertz CT molecular complexity index is 695. The Morgan fingerprint density at radius 1 is 1.21 bits per heavy atom. The van der Waals surface area contributed by atoms with Crippen LogP contribution in [0.25, 0.3) is 0 Å². The summed E-state index contributed by atoms with van der Waals surface area (Å²) in [6.07, 6.45) is 3.40. The van der Waals surface area contributed by atoms with Crippen molar-refractivity contribution < 1.29 is 14.4 Å². The molecule has 2 saturated heterocycles. The molecule has 0 saturated carbocycles. The highest BCUT2D eigenvalue weighted by Gasteiger charge is 2.48. The smallest absolute Gasteiger partial charge is 0.312 e. The fourth-order valence-electron chi connectivity index (χ4n) is 4.11. The first kappa shape index (κ1) is 15.2. The predicted octanol–water partition coefficient (Wildman–Crippen LogP) is 1.78. The van der Waals surface area contributed by atoms with Gasteiger partial charge in [0.15, 0.2) is 0 Å². The first-order chi connectivity index (χ1) is 11.6. The number of benzene rings is 1. The summed E-state index contributed by atoms with van der Waals surface area (Å²) >= 11 is 0. The van der Waals surface area contributed by atoms with Crippen LogP contribution in [0.2, 0.25) is 0 Å². The summed E-state index contributed by atoms with van der Waals surface area (Å²) < 4.78 is 0. The summed E-state index contributed by atoms with van der Waals surface area (Å²) in [6.45, 7) is 2.46. The molecular formula is C18H21N3O3. The lowest BCUT2D eigenvalue weighted by molar-refractivity contribution is -0.131. The number of carbonyl (C=O) groups is 3. The van der Waals surface area contributed by atoms with Crippen molar-refractivity contribution in [2.45, 2.75) is 44.7 Å². The van der Waals surface area contributed by atoms with Crippen LogP contribution in [0.15, 0.2) is 24.3 Å². The molecule has 0 N–H and O–H groups in total. The van der Waals surface area contributed by atoms with Gasteiger partial charge in [0.05, 0.1) is 0 Å². The molecule has 4 rings (SSSR count). The normalized spacial score (nSPS) is 26.0. The van der Waals surface area contributed by atoms with Gasteiger partial charge in [-0.15, -0.1) is 0 Å². The van der Waals surface area contributed by atoms with Gasteiger partial charge in [-0.3, -0.25) is 14.5 Å². The van der Waals surface area contributed by atoms with Crippen molar-refractivity contribution in [1.29, 1.82) is 0 Å². The molecule has 2 atom stereocenters. The van der Waals surface area contributed by atoms with Gasteiger partial charge < -0.3 is 9.80 Å². The van der Waals surface area contributed by atoms with Gasteiger partial charge in [-0.25, -0.2) is 4.79 Å². The zero-order valence-corrected chi connectivity index (χ0v) is 13.8. The number of fused-ring (bicyclic) bond motifs is 2. The first-order valence-electron chi connectivity index (χ1n) is 8.60. The molecule has 2 fully saturated rings. The molecule has 1 aromatic rings. The van der Waals surface area contributed by atoms with Gasteiger partial charge in [0.2, 0.25) is 5.91 Å². The number of hydrogen-bond acceptors (Lipinski definition) is 3. The number of para-hydroxylation sites is 1. The van der Waals surface area contributed by atoms with Crippen molar-refractivity contribution >= 4 is 23.5 Å². The SMILES string of the molecule is C[C@@H]1CCc2ccccc2N1C(=O)CN1C(=O)[C@H]2CCCN2C1=O. The van der Waals surface area contributed by atoms with Gasteiger partial charge in [-0.1, -0.05) is 18.2 Å². The highest BCUT2D eigenvalue weighted by Crippen LogP contribution is 2.32. The van der Waals surface area contributed by atoms with E-state index in [4.69, 9.17) is 0 Å². The highest BCUT2D eigenvalue weighted by molar-refractivity contribution is 6.08. The number of hydrogen-bond donors (Lipinski definition) is 0. The molecule has 6 heteroatoms. The lowest BCUT2D eigenvalue weighted by Crippen LogP contribution is -2.48. The summed E-state index contributed by atoms with van der Waals surface area (Å²) in [4.78, 5) is 42.2. The minimum Gasteiger partial charge on any atom is -0.312 e. The van der Waals surface area contributed by atoms with Gasteiger partial charge in [0, 0.05) is 18.3 Å². The average Bonchev–Trinajstić information content (AvgIpc) is 3.14. The molecule has 0 aromatic heterocycles. The van der Waals surface area contributed by atoms with Crippen molar-refractivity contribution in [3.63, 3.8) is 0 Å².